The van der Waals surface area contributed by atoms with Gasteiger partial charge in [0.25, 0.3) is 0 Å². The summed E-state index contributed by atoms with van der Waals surface area (Å²) in [5, 5.41) is 4.23. The van der Waals surface area contributed by atoms with Crippen molar-refractivity contribution in [1.82, 2.24) is 19.0 Å². The number of aromatic nitrogens is 2. The third-order valence-electron chi connectivity index (χ3n) is 5.50. The lowest BCUT2D eigenvalue weighted by molar-refractivity contribution is -0.0502. The number of hydrogen-bond donors (Lipinski definition) is 0. The average molecular weight is 391 g/mol. The molecule has 2 aliphatic rings. The van der Waals surface area contributed by atoms with Crippen molar-refractivity contribution in [2.75, 3.05) is 26.2 Å². The summed E-state index contributed by atoms with van der Waals surface area (Å²) in [4.78, 5) is 2.68. The van der Waals surface area contributed by atoms with Crippen LogP contribution < -0.4 is 0 Å². The van der Waals surface area contributed by atoms with E-state index in [4.69, 9.17) is 4.74 Å². The van der Waals surface area contributed by atoms with E-state index >= 15 is 0 Å². The second-order valence-electron chi connectivity index (χ2n) is 7.29. The number of benzene rings is 1. The van der Waals surface area contributed by atoms with Crippen molar-refractivity contribution in [3.8, 4) is 0 Å². The maximum absolute atomic E-state index is 13.1. The molecule has 2 fully saturated rings. The highest BCUT2D eigenvalue weighted by Gasteiger charge is 2.44. The Balaban J connectivity index is 1.51. The van der Waals surface area contributed by atoms with Crippen LogP contribution in [0.3, 0.4) is 0 Å². The molecule has 0 spiro atoms. The van der Waals surface area contributed by atoms with Crippen LogP contribution in [0.5, 0.6) is 0 Å². The number of fused-ring (bicyclic) bond motifs is 1. The Kier molecular flexibility index (Phi) is 5.07. The monoisotopic (exact) mass is 390 g/mol. The van der Waals surface area contributed by atoms with Crippen molar-refractivity contribution < 1.29 is 13.2 Å². The Bertz CT molecular complexity index is 894. The Morgan fingerprint density at radius 2 is 1.96 bits per heavy atom. The van der Waals surface area contributed by atoms with Crippen LogP contribution in [0.4, 0.5) is 0 Å². The fourth-order valence-corrected chi connectivity index (χ4v) is 5.42. The average Bonchev–Trinajstić information content (AvgIpc) is 3.29. The predicted octanol–water partition coefficient (Wildman–Crippen LogP) is 1.26. The minimum Gasteiger partial charge on any atom is -0.374 e. The molecular formula is C19H26N4O3S. The summed E-state index contributed by atoms with van der Waals surface area (Å²) in [6.07, 6.45) is 4.68. The molecule has 4 rings (SSSR count). The zero-order valence-corrected chi connectivity index (χ0v) is 16.6. The van der Waals surface area contributed by atoms with E-state index in [2.05, 4.69) is 16.9 Å². The van der Waals surface area contributed by atoms with Crippen LogP contribution >= 0.6 is 0 Å². The van der Waals surface area contributed by atoms with E-state index in [9.17, 15) is 8.42 Å². The van der Waals surface area contributed by atoms with E-state index in [1.54, 1.807) is 21.1 Å². The Hall–Kier alpha value is -1.74. The topological polar surface area (TPSA) is 67.7 Å². The first kappa shape index (κ1) is 18.6. The van der Waals surface area contributed by atoms with Crippen LogP contribution in [-0.2, 0) is 34.8 Å². The highest BCUT2D eigenvalue weighted by molar-refractivity contribution is 7.89. The van der Waals surface area contributed by atoms with Crippen LogP contribution in [-0.4, -0.2) is 65.8 Å². The molecule has 2 aliphatic heterocycles. The lowest BCUT2D eigenvalue weighted by atomic mass is 10.1. The van der Waals surface area contributed by atoms with Crippen molar-refractivity contribution in [3.63, 3.8) is 0 Å². The number of ether oxygens (including phenoxy) is 1. The molecule has 0 radical (unpaired) electrons. The highest BCUT2D eigenvalue weighted by Crippen LogP contribution is 2.29. The third-order valence-corrected chi connectivity index (χ3v) is 7.34. The first-order chi connectivity index (χ1) is 13.0. The second-order valence-corrected chi connectivity index (χ2v) is 9.23. The zero-order valence-electron chi connectivity index (χ0n) is 15.8. The largest absolute Gasteiger partial charge is 0.374 e. The number of hydrogen-bond acceptors (Lipinski definition) is 5. The molecule has 0 saturated carbocycles. The molecular weight excluding hydrogens is 364 g/mol. The quantitative estimate of drug-likeness (QED) is 0.769. The summed E-state index contributed by atoms with van der Waals surface area (Å²) in [6.45, 7) is 5.12. The van der Waals surface area contributed by atoms with E-state index < -0.39 is 10.0 Å². The second kappa shape index (κ2) is 7.35. The first-order valence-corrected chi connectivity index (χ1v) is 10.8. The van der Waals surface area contributed by atoms with E-state index in [1.807, 2.05) is 31.6 Å². The summed E-state index contributed by atoms with van der Waals surface area (Å²) < 4.78 is 35.4. The summed E-state index contributed by atoms with van der Waals surface area (Å²) in [5.74, 6) is 0. The van der Waals surface area contributed by atoms with Gasteiger partial charge < -0.3 is 4.74 Å². The van der Waals surface area contributed by atoms with Gasteiger partial charge in [-0.05, 0) is 24.1 Å². The fraction of sp³-hybridized carbons (Fsp3) is 0.526. The van der Waals surface area contributed by atoms with E-state index in [0.717, 1.165) is 30.6 Å². The maximum atomic E-state index is 13.1. The van der Waals surface area contributed by atoms with E-state index in [-0.39, 0.29) is 12.1 Å². The molecule has 1 aromatic heterocycles. The van der Waals surface area contributed by atoms with Gasteiger partial charge in [0.1, 0.15) is 0 Å². The molecule has 0 bridgehead atoms. The van der Waals surface area contributed by atoms with Crippen molar-refractivity contribution in [3.05, 3.63) is 47.8 Å². The molecule has 0 amide bonds. The lowest BCUT2D eigenvalue weighted by Crippen LogP contribution is -2.50. The molecule has 8 heteroatoms. The van der Waals surface area contributed by atoms with Gasteiger partial charge in [0, 0.05) is 45.0 Å². The van der Waals surface area contributed by atoms with Gasteiger partial charge in [-0.3, -0.25) is 9.58 Å². The van der Waals surface area contributed by atoms with Gasteiger partial charge in [-0.15, -0.1) is 0 Å². The molecule has 146 valence electrons. The van der Waals surface area contributed by atoms with Gasteiger partial charge in [-0.25, -0.2) is 8.42 Å². The summed E-state index contributed by atoms with van der Waals surface area (Å²) in [7, 11) is -1.60. The zero-order chi connectivity index (χ0) is 19.0. The first-order valence-electron chi connectivity index (χ1n) is 9.39. The van der Waals surface area contributed by atoms with Crippen molar-refractivity contribution in [2.45, 2.75) is 36.9 Å². The summed E-state index contributed by atoms with van der Waals surface area (Å²) >= 11 is 0. The lowest BCUT2D eigenvalue weighted by Gasteiger charge is -2.36. The standard InChI is InChI=1S/C19H26N4O3S/c1-3-15-4-6-17(7-5-15)27(24,25)23-13-18-19(14-23)26-9-8-22(18)12-16-10-20-21(2)11-16/h4-7,10-11,18-19H,3,8-9,12-14H2,1-2H3/t18-,19-/m0/s1. The van der Waals surface area contributed by atoms with Gasteiger partial charge in [0.2, 0.25) is 10.0 Å². The van der Waals surface area contributed by atoms with Gasteiger partial charge in [-0.1, -0.05) is 19.1 Å². The maximum Gasteiger partial charge on any atom is 0.243 e. The van der Waals surface area contributed by atoms with Gasteiger partial charge in [0.15, 0.2) is 0 Å². The van der Waals surface area contributed by atoms with E-state index in [0.29, 0.717) is 24.6 Å². The van der Waals surface area contributed by atoms with Crippen LogP contribution in [0.1, 0.15) is 18.1 Å². The van der Waals surface area contributed by atoms with Crippen LogP contribution in [0.25, 0.3) is 0 Å². The minimum absolute atomic E-state index is 0.0728. The molecule has 2 saturated heterocycles. The predicted molar refractivity (Wildman–Crippen MR) is 102 cm³/mol. The molecule has 3 heterocycles. The van der Waals surface area contributed by atoms with Crippen LogP contribution in [0.15, 0.2) is 41.6 Å². The van der Waals surface area contributed by atoms with Gasteiger partial charge in [0.05, 0.1) is 29.8 Å². The SMILES string of the molecule is CCc1ccc(S(=O)(=O)N2C[C@@H]3OCCN(Cc4cnn(C)c4)[C@H]3C2)cc1. The molecule has 0 unspecified atom stereocenters. The molecule has 2 atom stereocenters. The number of sulfonamides is 1. The summed E-state index contributed by atoms with van der Waals surface area (Å²) in [6, 6.07) is 7.28. The van der Waals surface area contributed by atoms with Crippen LogP contribution in [0, 0.1) is 0 Å². The number of morpholine rings is 1. The van der Waals surface area contributed by atoms with Crippen molar-refractivity contribution >= 4 is 10.0 Å². The number of aryl methyl sites for hydroxylation is 2. The molecule has 0 aliphatic carbocycles. The van der Waals surface area contributed by atoms with Crippen molar-refractivity contribution in [1.29, 1.82) is 0 Å². The minimum atomic E-state index is -3.50. The van der Waals surface area contributed by atoms with Crippen LogP contribution in [0.2, 0.25) is 0 Å². The third kappa shape index (κ3) is 3.67. The Labute approximate surface area is 160 Å². The Morgan fingerprint density at radius 1 is 1.19 bits per heavy atom. The van der Waals surface area contributed by atoms with Crippen molar-refractivity contribution in [2.24, 2.45) is 7.05 Å². The number of rotatable bonds is 5. The van der Waals surface area contributed by atoms with E-state index in [1.165, 1.54) is 0 Å². The molecule has 27 heavy (non-hydrogen) atoms. The number of nitrogens with zero attached hydrogens (tertiary/aromatic N) is 4. The van der Waals surface area contributed by atoms with Gasteiger partial charge in [-0.2, -0.15) is 9.40 Å². The highest BCUT2D eigenvalue weighted by atomic mass is 32.2. The Morgan fingerprint density at radius 3 is 2.63 bits per heavy atom. The smallest absolute Gasteiger partial charge is 0.243 e. The molecule has 1 aromatic carbocycles. The normalized spacial score (nSPS) is 24.2. The fourth-order valence-electron chi connectivity index (χ4n) is 3.95. The molecule has 2 aromatic rings. The summed E-state index contributed by atoms with van der Waals surface area (Å²) in [5.41, 5.74) is 2.27. The molecule has 7 nitrogen and oxygen atoms in total. The molecule has 0 N–H and O–H groups in total. The van der Waals surface area contributed by atoms with Gasteiger partial charge >= 0.3 is 0 Å².